The molecule has 0 unspecified atom stereocenters. The van der Waals surface area contributed by atoms with Crippen LogP contribution >= 0.6 is 46.6 Å². The van der Waals surface area contributed by atoms with Crippen LogP contribution in [0.25, 0.3) is 6.08 Å². The Hall–Kier alpha value is -3.24. The Morgan fingerprint density at radius 3 is 2.52 bits per heavy atom. The molecule has 3 aromatic carbocycles. The van der Waals surface area contributed by atoms with Crippen LogP contribution in [0.3, 0.4) is 0 Å². The average Bonchev–Trinajstić information content (AvgIpc) is 3.15. The van der Waals surface area contributed by atoms with Crippen LogP contribution in [-0.4, -0.2) is 35.2 Å². The van der Waals surface area contributed by atoms with E-state index in [1.165, 1.54) is 30.3 Å². The molecule has 0 radical (unpaired) electrons. The van der Waals surface area contributed by atoms with Crippen LogP contribution in [0.1, 0.15) is 23.6 Å². The second kappa shape index (κ2) is 13.0. The van der Waals surface area contributed by atoms with Crippen molar-refractivity contribution < 1.29 is 28.2 Å². The summed E-state index contributed by atoms with van der Waals surface area (Å²) in [4.78, 5) is 39.0. The minimum Gasteiger partial charge on any atom is -0.490 e. The lowest BCUT2D eigenvalue weighted by Crippen LogP contribution is -2.28. The summed E-state index contributed by atoms with van der Waals surface area (Å²) < 4.78 is 25.6. The Labute approximate surface area is 249 Å². The number of aryl methyl sites for hydroxylation is 1. The quantitative estimate of drug-likeness (QED) is 0.245. The van der Waals surface area contributed by atoms with E-state index in [-0.39, 0.29) is 51.8 Å². The molecule has 0 aliphatic carbocycles. The van der Waals surface area contributed by atoms with Crippen molar-refractivity contribution in [1.82, 2.24) is 4.90 Å². The minimum atomic E-state index is -0.615. The third kappa shape index (κ3) is 6.90. The van der Waals surface area contributed by atoms with E-state index < -0.39 is 22.9 Å². The van der Waals surface area contributed by atoms with Crippen molar-refractivity contribution >= 4 is 75.4 Å². The molecule has 1 heterocycles. The fourth-order valence-electron chi connectivity index (χ4n) is 3.71. The molecule has 0 spiro atoms. The van der Waals surface area contributed by atoms with E-state index in [0.717, 1.165) is 10.5 Å². The summed E-state index contributed by atoms with van der Waals surface area (Å²) in [6.07, 6.45) is 1.47. The molecule has 208 valence electrons. The van der Waals surface area contributed by atoms with Gasteiger partial charge >= 0.3 is 0 Å². The fraction of sp³-hybridized carbons (Fsp3) is 0.179. The normalized spacial score (nSPS) is 14.2. The van der Waals surface area contributed by atoms with Gasteiger partial charge in [0.2, 0.25) is 0 Å². The summed E-state index contributed by atoms with van der Waals surface area (Å²) >= 11 is 19.3. The van der Waals surface area contributed by atoms with Crippen LogP contribution in [0, 0.1) is 12.7 Å². The molecular weight excluding hydrogens is 602 g/mol. The predicted octanol–water partition coefficient (Wildman–Crippen LogP) is 7.75. The maximum absolute atomic E-state index is 14.2. The van der Waals surface area contributed by atoms with Gasteiger partial charge in [0, 0.05) is 21.3 Å². The summed E-state index contributed by atoms with van der Waals surface area (Å²) in [5.41, 5.74) is 1.89. The number of thioether (sulfide) groups is 1. The number of rotatable bonds is 9. The molecule has 12 heteroatoms. The van der Waals surface area contributed by atoms with E-state index in [0.29, 0.717) is 28.0 Å². The first kappa shape index (κ1) is 29.7. The number of nitrogens with zero attached hydrogens (tertiary/aromatic N) is 1. The number of anilines is 1. The van der Waals surface area contributed by atoms with Crippen molar-refractivity contribution in [2.24, 2.45) is 0 Å². The molecule has 1 N–H and O–H groups in total. The van der Waals surface area contributed by atoms with Crippen molar-refractivity contribution in [3.05, 3.63) is 91.0 Å². The largest absolute Gasteiger partial charge is 0.490 e. The Kier molecular flexibility index (Phi) is 9.63. The number of nitrogens with one attached hydrogen (secondary N) is 1. The lowest BCUT2D eigenvalue weighted by Gasteiger charge is -2.15. The maximum atomic E-state index is 14.2. The van der Waals surface area contributed by atoms with E-state index in [1.807, 2.05) is 6.92 Å². The van der Waals surface area contributed by atoms with Gasteiger partial charge in [-0.15, -0.1) is 0 Å². The van der Waals surface area contributed by atoms with Crippen LogP contribution in [0.2, 0.25) is 15.1 Å². The van der Waals surface area contributed by atoms with E-state index in [2.05, 4.69) is 5.32 Å². The van der Waals surface area contributed by atoms with Gasteiger partial charge in [0.15, 0.2) is 18.1 Å². The summed E-state index contributed by atoms with van der Waals surface area (Å²) in [5, 5.41) is 2.89. The molecule has 40 heavy (non-hydrogen) atoms. The second-order valence-electron chi connectivity index (χ2n) is 8.53. The average molecular weight is 624 g/mol. The number of hydrogen-bond donors (Lipinski definition) is 1. The second-order valence-corrected chi connectivity index (χ2v) is 10.7. The highest BCUT2D eigenvalue weighted by atomic mass is 35.5. The highest BCUT2D eigenvalue weighted by Crippen LogP contribution is 2.40. The third-order valence-corrected chi connectivity index (χ3v) is 7.63. The summed E-state index contributed by atoms with van der Waals surface area (Å²) in [5.74, 6) is -1.27. The molecule has 3 aromatic rings. The Morgan fingerprint density at radius 2 is 1.82 bits per heavy atom. The number of imide groups is 1. The van der Waals surface area contributed by atoms with Gasteiger partial charge in [-0.2, -0.15) is 0 Å². The number of carbonyl (C=O) groups is 3. The molecule has 4 rings (SSSR count). The van der Waals surface area contributed by atoms with Crippen molar-refractivity contribution in [2.45, 2.75) is 20.4 Å². The van der Waals surface area contributed by atoms with Gasteiger partial charge in [0.25, 0.3) is 17.1 Å². The highest BCUT2D eigenvalue weighted by Gasteiger charge is 2.36. The molecule has 0 saturated carbocycles. The Bertz CT molecular complexity index is 1510. The van der Waals surface area contributed by atoms with Crippen LogP contribution in [0.15, 0.2) is 53.4 Å². The van der Waals surface area contributed by atoms with Crippen molar-refractivity contribution in [3.8, 4) is 11.5 Å². The lowest BCUT2D eigenvalue weighted by molar-refractivity contribution is -0.123. The zero-order valence-corrected chi connectivity index (χ0v) is 24.3. The molecule has 1 aliphatic rings. The van der Waals surface area contributed by atoms with E-state index in [9.17, 15) is 18.8 Å². The summed E-state index contributed by atoms with van der Waals surface area (Å²) in [6.45, 7) is 3.22. The van der Waals surface area contributed by atoms with Gasteiger partial charge in [-0.1, -0.05) is 46.9 Å². The first-order valence-corrected chi connectivity index (χ1v) is 13.9. The monoisotopic (exact) mass is 622 g/mol. The minimum absolute atomic E-state index is 0.0467. The molecule has 1 saturated heterocycles. The summed E-state index contributed by atoms with van der Waals surface area (Å²) in [6, 6.07) is 12.4. The lowest BCUT2D eigenvalue weighted by atomic mass is 10.1. The standard InChI is InChI=1S/C28H22Cl3FN2O5S/c1-3-38-23-10-16(9-21(31)26(23)39-14-25(35)33-17-8-7-15(2)20(30)12-17)11-24-27(36)34(28(37)40-24)13-18-19(29)5-4-6-22(18)32/h4-12H,3,13-14H2,1-2H3,(H,33,35)/b24-11-. The molecule has 0 aromatic heterocycles. The van der Waals surface area contributed by atoms with E-state index in [1.54, 1.807) is 31.2 Å². The molecule has 1 aliphatic heterocycles. The first-order valence-electron chi connectivity index (χ1n) is 11.9. The third-order valence-electron chi connectivity index (χ3n) is 5.68. The van der Waals surface area contributed by atoms with Crippen LogP contribution < -0.4 is 14.8 Å². The topological polar surface area (TPSA) is 84.9 Å². The molecule has 0 bridgehead atoms. The zero-order valence-electron chi connectivity index (χ0n) is 21.2. The number of carbonyl (C=O) groups excluding carboxylic acids is 3. The van der Waals surface area contributed by atoms with E-state index >= 15 is 0 Å². The SMILES string of the molecule is CCOc1cc(/C=C2\SC(=O)N(Cc3c(F)cccc3Cl)C2=O)cc(Cl)c1OCC(=O)Nc1ccc(C)c(Cl)c1. The van der Waals surface area contributed by atoms with Crippen LogP contribution in [0.4, 0.5) is 14.9 Å². The number of ether oxygens (including phenoxy) is 2. The predicted molar refractivity (Wildman–Crippen MR) is 156 cm³/mol. The molecular formula is C28H22Cl3FN2O5S. The Morgan fingerprint density at radius 1 is 1.05 bits per heavy atom. The van der Waals surface area contributed by atoms with Gasteiger partial charge in [-0.05, 0) is 79.2 Å². The molecule has 7 nitrogen and oxygen atoms in total. The smallest absolute Gasteiger partial charge is 0.293 e. The van der Waals surface area contributed by atoms with Gasteiger partial charge in [0.05, 0.1) is 23.1 Å². The van der Waals surface area contributed by atoms with Crippen LogP contribution in [0.5, 0.6) is 11.5 Å². The summed E-state index contributed by atoms with van der Waals surface area (Å²) in [7, 11) is 0. The van der Waals surface area contributed by atoms with Crippen molar-refractivity contribution in [2.75, 3.05) is 18.5 Å². The van der Waals surface area contributed by atoms with Crippen molar-refractivity contribution in [3.63, 3.8) is 0 Å². The molecule has 1 fully saturated rings. The number of amides is 3. The highest BCUT2D eigenvalue weighted by molar-refractivity contribution is 8.18. The molecule has 3 amide bonds. The first-order chi connectivity index (χ1) is 19.1. The maximum Gasteiger partial charge on any atom is 0.293 e. The van der Waals surface area contributed by atoms with Gasteiger partial charge in [0.1, 0.15) is 5.82 Å². The number of benzene rings is 3. The van der Waals surface area contributed by atoms with Gasteiger partial charge < -0.3 is 14.8 Å². The number of halogens is 4. The van der Waals surface area contributed by atoms with E-state index in [4.69, 9.17) is 44.3 Å². The fourth-order valence-corrected chi connectivity index (χ4v) is 5.22. The Balaban J connectivity index is 1.50. The van der Waals surface area contributed by atoms with Gasteiger partial charge in [-0.25, -0.2) is 4.39 Å². The van der Waals surface area contributed by atoms with Crippen LogP contribution in [-0.2, 0) is 16.1 Å². The number of hydrogen-bond acceptors (Lipinski definition) is 6. The van der Waals surface area contributed by atoms with Gasteiger partial charge in [-0.3, -0.25) is 19.3 Å². The molecule has 0 atom stereocenters. The zero-order chi connectivity index (χ0) is 29.0. The van der Waals surface area contributed by atoms with Crippen molar-refractivity contribution in [1.29, 1.82) is 0 Å².